The molecular formula is C18H20O2. The summed E-state index contributed by atoms with van der Waals surface area (Å²) in [5, 5.41) is 10.1. The van der Waals surface area contributed by atoms with Crippen LogP contribution in [0.3, 0.4) is 0 Å². The summed E-state index contributed by atoms with van der Waals surface area (Å²) in [5.74, 6) is 1.04. The number of fused-ring (bicyclic) bond motifs is 1. The van der Waals surface area contributed by atoms with E-state index in [1.54, 1.807) is 0 Å². The van der Waals surface area contributed by atoms with Crippen LogP contribution in [0.15, 0.2) is 48.5 Å². The Hall–Kier alpha value is -1.80. The van der Waals surface area contributed by atoms with Crippen molar-refractivity contribution in [2.45, 2.75) is 31.8 Å². The third-order valence-electron chi connectivity index (χ3n) is 3.88. The molecule has 104 valence electrons. The van der Waals surface area contributed by atoms with Crippen molar-refractivity contribution in [2.75, 3.05) is 6.61 Å². The first-order valence-electron chi connectivity index (χ1n) is 7.30. The van der Waals surface area contributed by atoms with Crippen LogP contribution in [0.2, 0.25) is 0 Å². The lowest BCUT2D eigenvalue weighted by atomic mass is 10.00. The normalized spacial score (nSPS) is 14.7. The zero-order valence-corrected chi connectivity index (χ0v) is 11.6. The standard InChI is InChI=1S/C18H20O2/c19-17(15-6-2-1-3-7-15)8-4-5-14-9-10-18-16(13-14)11-12-20-18/h1-3,6-7,9-10,13,17,19H,4-5,8,11-12H2. The van der Waals surface area contributed by atoms with Gasteiger partial charge < -0.3 is 9.84 Å². The summed E-state index contributed by atoms with van der Waals surface area (Å²) in [6, 6.07) is 16.3. The van der Waals surface area contributed by atoms with Crippen LogP contribution >= 0.6 is 0 Å². The highest BCUT2D eigenvalue weighted by molar-refractivity contribution is 5.39. The number of hydrogen-bond donors (Lipinski definition) is 1. The van der Waals surface area contributed by atoms with Crippen LogP contribution in [0.5, 0.6) is 5.75 Å². The van der Waals surface area contributed by atoms with Gasteiger partial charge in [0.15, 0.2) is 0 Å². The molecule has 2 heteroatoms. The van der Waals surface area contributed by atoms with Crippen molar-refractivity contribution in [1.29, 1.82) is 0 Å². The van der Waals surface area contributed by atoms with E-state index in [2.05, 4.69) is 18.2 Å². The Kier molecular flexibility index (Phi) is 4.03. The Balaban J connectivity index is 1.53. The van der Waals surface area contributed by atoms with E-state index in [4.69, 9.17) is 4.74 Å². The predicted molar refractivity (Wildman–Crippen MR) is 80.0 cm³/mol. The molecule has 0 radical (unpaired) electrons. The summed E-state index contributed by atoms with van der Waals surface area (Å²) in [6.45, 7) is 0.811. The van der Waals surface area contributed by atoms with E-state index >= 15 is 0 Å². The van der Waals surface area contributed by atoms with E-state index in [9.17, 15) is 5.11 Å². The molecule has 1 N–H and O–H groups in total. The molecule has 1 aliphatic heterocycles. The van der Waals surface area contributed by atoms with Gasteiger partial charge in [-0.2, -0.15) is 0 Å². The van der Waals surface area contributed by atoms with Crippen molar-refractivity contribution in [3.8, 4) is 5.75 Å². The van der Waals surface area contributed by atoms with Gasteiger partial charge in [0, 0.05) is 6.42 Å². The van der Waals surface area contributed by atoms with Gasteiger partial charge in [-0.05, 0) is 42.0 Å². The van der Waals surface area contributed by atoms with Gasteiger partial charge in [-0.15, -0.1) is 0 Å². The minimum atomic E-state index is -0.353. The molecule has 2 aromatic carbocycles. The maximum atomic E-state index is 10.1. The molecule has 3 rings (SSSR count). The molecule has 1 heterocycles. The van der Waals surface area contributed by atoms with Gasteiger partial charge in [0.05, 0.1) is 12.7 Å². The predicted octanol–water partition coefficient (Wildman–Crippen LogP) is 3.68. The lowest BCUT2D eigenvalue weighted by molar-refractivity contribution is 0.164. The zero-order valence-electron chi connectivity index (χ0n) is 11.6. The molecule has 0 amide bonds. The van der Waals surface area contributed by atoms with Gasteiger partial charge in [-0.3, -0.25) is 0 Å². The van der Waals surface area contributed by atoms with E-state index in [0.29, 0.717) is 0 Å². The monoisotopic (exact) mass is 268 g/mol. The summed E-state index contributed by atoms with van der Waals surface area (Å²) in [7, 11) is 0. The SMILES string of the molecule is OC(CCCc1ccc2c(c1)CCO2)c1ccccc1. The molecule has 0 aliphatic carbocycles. The average Bonchev–Trinajstić information content (AvgIpc) is 2.95. The molecule has 0 aromatic heterocycles. The Morgan fingerprint density at radius 1 is 1.10 bits per heavy atom. The first-order chi connectivity index (χ1) is 9.83. The highest BCUT2D eigenvalue weighted by Gasteiger charge is 2.12. The molecule has 1 aliphatic rings. The minimum absolute atomic E-state index is 0.353. The molecule has 2 aromatic rings. The fourth-order valence-corrected chi connectivity index (χ4v) is 2.74. The van der Waals surface area contributed by atoms with Crippen molar-refractivity contribution in [3.63, 3.8) is 0 Å². The molecule has 2 nitrogen and oxygen atoms in total. The molecule has 0 bridgehead atoms. The van der Waals surface area contributed by atoms with Gasteiger partial charge in [0.2, 0.25) is 0 Å². The van der Waals surface area contributed by atoms with Gasteiger partial charge in [-0.25, -0.2) is 0 Å². The Labute approximate surface area is 120 Å². The minimum Gasteiger partial charge on any atom is -0.493 e. The molecule has 0 fully saturated rings. The summed E-state index contributed by atoms with van der Waals surface area (Å²) in [5.41, 5.74) is 3.68. The largest absolute Gasteiger partial charge is 0.493 e. The number of rotatable bonds is 5. The van der Waals surface area contributed by atoms with Gasteiger partial charge in [-0.1, -0.05) is 42.5 Å². The van der Waals surface area contributed by atoms with Gasteiger partial charge >= 0.3 is 0 Å². The van der Waals surface area contributed by atoms with Crippen molar-refractivity contribution < 1.29 is 9.84 Å². The lowest BCUT2D eigenvalue weighted by Gasteiger charge is -2.11. The molecule has 0 spiro atoms. The second-order valence-electron chi connectivity index (χ2n) is 5.36. The zero-order chi connectivity index (χ0) is 13.8. The summed E-state index contributed by atoms with van der Waals surface area (Å²) in [6.07, 6.45) is 3.48. The third kappa shape index (κ3) is 3.02. The molecule has 0 saturated heterocycles. The summed E-state index contributed by atoms with van der Waals surface area (Å²) in [4.78, 5) is 0. The van der Waals surface area contributed by atoms with E-state index in [1.165, 1.54) is 11.1 Å². The maximum absolute atomic E-state index is 10.1. The quantitative estimate of drug-likeness (QED) is 0.896. The molecule has 20 heavy (non-hydrogen) atoms. The van der Waals surface area contributed by atoms with E-state index < -0.39 is 0 Å². The number of ether oxygens (including phenoxy) is 1. The first kappa shape index (κ1) is 13.2. The van der Waals surface area contributed by atoms with Crippen LogP contribution < -0.4 is 4.74 Å². The maximum Gasteiger partial charge on any atom is 0.122 e. The topological polar surface area (TPSA) is 29.5 Å². The number of benzene rings is 2. The van der Waals surface area contributed by atoms with Crippen LogP contribution in [-0.4, -0.2) is 11.7 Å². The molecule has 1 atom stereocenters. The smallest absolute Gasteiger partial charge is 0.122 e. The highest BCUT2D eigenvalue weighted by Crippen LogP contribution is 2.27. The Morgan fingerprint density at radius 3 is 2.80 bits per heavy atom. The van der Waals surface area contributed by atoms with Crippen molar-refractivity contribution in [2.24, 2.45) is 0 Å². The fraction of sp³-hybridized carbons (Fsp3) is 0.333. The number of aliphatic hydroxyl groups is 1. The molecule has 0 saturated carbocycles. The summed E-state index contributed by atoms with van der Waals surface area (Å²) >= 11 is 0. The summed E-state index contributed by atoms with van der Waals surface area (Å²) < 4.78 is 5.51. The second-order valence-corrected chi connectivity index (χ2v) is 5.36. The first-order valence-corrected chi connectivity index (χ1v) is 7.30. The van der Waals surface area contributed by atoms with Crippen LogP contribution in [0.25, 0.3) is 0 Å². The Bertz CT molecular complexity index is 563. The van der Waals surface area contributed by atoms with E-state index in [1.807, 2.05) is 30.3 Å². The number of aliphatic hydroxyl groups excluding tert-OH is 1. The molecule has 1 unspecified atom stereocenters. The third-order valence-corrected chi connectivity index (χ3v) is 3.88. The average molecular weight is 268 g/mol. The fourth-order valence-electron chi connectivity index (χ4n) is 2.74. The van der Waals surface area contributed by atoms with Crippen LogP contribution in [0.1, 0.15) is 35.6 Å². The Morgan fingerprint density at radius 2 is 1.95 bits per heavy atom. The lowest BCUT2D eigenvalue weighted by Crippen LogP contribution is -1.98. The van der Waals surface area contributed by atoms with E-state index in [-0.39, 0.29) is 6.10 Å². The van der Waals surface area contributed by atoms with E-state index in [0.717, 1.165) is 43.6 Å². The highest BCUT2D eigenvalue weighted by atomic mass is 16.5. The van der Waals surface area contributed by atoms with Crippen molar-refractivity contribution >= 4 is 0 Å². The molecular weight excluding hydrogens is 248 g/mol. The number of aryl methyl sites for hydroxylation is 1. The van der Waals surface area contributed by atoms with Crippen LogP contribution in [0, 0.1) is 0 Å². The van der Waals surface area contributed by atoms with Gasteiger partial charge in [0.1, 0.15) is 5.75 Å². The van der Waals surface area contributed by atoms with Crippen molar-refractivity contribution in [1.82, 2.24) is 0 Å². The van der Waals surface area contributed by atoms with Crippen LogP contribution in [0.4, 0.5) is 0 Å². The second kappa shape index (κ2) is 6.10. The van der Waals surface area contributed by atoms with Crippen molar-refractivity contribution in [3.05, 3.63) is 65.2 Å². The van der Waals surface area contributed by atoms with Gasteiger partial charge in [0.25, 0.3) is 0 Å². The number of hydrogen-bond acceptors (Lipinski definition) is 2. The van der Waals surface area contributed by atoms with Crippen LogP contribution in [-0.2, 0) is 12.8 Å².